The summed E-state index contributed by atoms with van der Waals surface area (Å²) in [5, 5.41) is 0. The lowest BCUT2D eigenvalue weighted by molar-refractivity contribution is -0.137. The van der Waals surface area contributed by atoms with Gasteiger partial charge in [-0.3, -0.25) is 9.59 Å². The molecule has 2 fully saturated rings. The minimum absolute atomic E-state index is 0.0176. The average molecular weight is 397 g/mol. The van der Waals surface area contributed by atoms with Gasteiger partial charge in [-0.25, -0.2) is 0 Å². The molecular formula is C20H26F3N3O2. The van der Waals surface area contributed by atoms with E-state index in [2.05, 4.69) is 6.92 Å². The Hall–Kier alpha value is -2.25. The van der Waals surface area contributed by atoms with Gasteiger partial charge in [0, 0.05) is 51.4 Å². The van der Waals surface area contributed by atoms with Gasteiger partial charge in [-0.05, 0) is 24.6 Å². The Kier molecular flexibility index (Phi) is 6.15. The van der Waals surface area contributed by atoms with Crippen molar-refractivity contribution in [2.24, 2.45) is 5.92 Å². The fourth-order valence-electron chi connectivity index (χ4n) is 3.82. The van der Waals surface area contributed by atoms with Gasteiger partial charge in [-0.15, -0.1) is 0 Å². The lowest BCUT2D eigenvalue weighted by Gasteiger charge is -2.37. The third kappa shape index (κ3) is 4.59. The van der Waals surface area contributed by atoms with Crippen LogP contribution in [0.5, 0.6) is 0 Å². The molecule has 2 saturated heterocycles. The molecule has 3 rings (SSSR count). The van der Waals surface area contributed by atoms with Gasteiger partial charge < -0.3 is 14.7 Å². The molecule has 2 aliphatic heterocycles. The minimum atomic E-state index is -4.37. The van der Waals surface area contributed by atoms with Crippen LogP contribution in [-0.2, 0) is 15.8 Å². The van der Waals surface area contributed by atoms with Crippen LogP contribution in [0.2, 0.25) is 0 Å². The van der Waals surface area contributed by atoms with Crippen molar-refractivity contribution >= 4 is 17.5 Å². The van der Waals surface area contributed by atoms with Crippen molar-refractivity contribution in [3.8, 4) is 0 Å². The molecule has 2 heterocycles. The Balaban J connectivity index is 1.56. The van der Waals surface area contributed by atoms with Crippen LogP contribution >= 0.6 is 0 Å². The topological polar surface area (TPSA) is 43.9 Å². The van der Waals surface area contributed by atoms with Crippen molar-refractivity contribution in [1.29, 1.82) is 0 Å². The van der Waals surface area contributed by atoms with Crippen molar-refractivity contribution in [2.75, 3.05) is 44.2 Å². The zero-order valence-corrected chi connectivity index (χ0v) is 16.0. The zero-order chi connectivity index (χ0) is 20.3. The molecule has 0 saturated carbocycles. The standard InChI is InChI=1S/C20H26F3N3O2/c1-2-3-7-26-14-15(12-18(26)27)19(28)25-10-8-24(9-11-25)17-6-4-5-16(13-17)20(21,22)23/h4-6,13,15H,2-3,7-12,14H2,1H3/t15-/m0/s1. The summed E-state index contributed by atoms with van der Waals surface area (Å²) in [5.41, 5.74) is -0.149. The number of hydrogen-bond acceptors (Lipinski definition) is 3. The second kappa shape index (κ2) is 8.41. The van der Waals surface area contributed by atoms with E-state index in [1.807, 2.05) is 4.90 Å². The molecule has 0 spiro atoms. The number of alkyl halides is 3. The lowest BCUT2D eigenvalue weighted by atomic mass is 10.1. The summed E-state index contributed by atoms with van der Waals surface area (Å²) in [7, 11) is 0. The number of likely N-dealkylation sites (tertiary alicyclic amines) is 1. The fraction of sp³-hybridized carbons (Fsp3) is 0.600. The monoisotopic (exact) mass is 397 g/mol. The van der Waals surface area contributed by atoms with Gasteiger partial charge in [-0.2, -0.15) is 13.2 Å². The number of nitrogens with zero attached hydrogens (tertiary/aromatic N) is 3. The van der Waals surface area contributed by atoms with Crippen LogP contribution in [0.1, 0.15) is 31.7 Å². The fourth-order valence-corrected chi connectivity index (χ4v) is 3.82. The Morgan fingerprint density at radius 1 is 1.18 bits per heavy atom. The number of hydrogen-bond donors (Lipinski definition) is 0. The molecular weight excluding hydrogens is 371 g/mol. The molecule has 2 aliphatic rings. The molecule has 1 aromatic rings. The molecule has 2 amide bonds. The van der Waals surface area contributed by atoms with E-state index < -0.39 is 11.7 Å². The van der Waals surface area contributed by atoms with Crippen molar-refractivity contribution < 1.29 is 22.8 Å². The summed E-state index contributed by atoms with van der Waals surface area (Å²) < 4.78 is 38.7. The molecule has 5 nitrogen and oxygen atoms in total. The van der Waals surface area contributed by atoms with Crippen molar-refractivity contribution in [1.82, 2.24) is 9.80 Å². The highest BCUT2D eigenvalue weighted by Gasteiger charge is 2.37. The van der Waals surface area contributed by atoms with Crippen LogP contribution in [0.15, 0.2) is 24.3 Å². The molecule has 0 unspecified atom stereocenters. The third-order valence-corrected chi connectivity index (χ3v) is 5.48. The number of unbranched alkanes of at least 4 members (excludes halogenated alkanes) is 1. The third-order valence-electron chi connectivity index (χ3n) is 5.48. The van der Waals surface area contributed by atoms with Crippen LogP contribution in [0.3, 0.4) is 0 Å². The Bertz CT molecular complexity index is 715. The molecule has 0 aliphatic carbocycles. The van der Waals surface area contributed by atoms with Gasteiger partial charge in [0.15, 0.2) is 0 Å². The van der Waals surface area contributed by atoms with Crippen LogP contribution in [0, 0.1) is 5.92 Å². The normalized spacial score (nSPS) is 20.8. The van der Waals surface area contributed by atoms with E-state index in [0.717, 1.165) is 25.0 Å². The van der Waals surface area contributed by atoms with Crippen molar-refractivity contribution in [3.63, 3.8) is 0 Å². The Morgan fingerprint density at radius 2 is 1.89 bits per heavy atom. The molecule has 1 atom stereocenters. The van der Waals surface area contributed by atoms with Gasteiger partial charge in [0.05, 0.1) is 11.5 Å². The second-order valence-corrected chi connectivity index (χ2v) is 7.45. The van der Waals surface area contributed by atoms with Crippen LogP contribution < -0.4 is 4.90 Å². The molecule has 28 heavy (non-hydrogen) atoms. The maximum absolute atomic E-state index is 12.9. The molecule has 1 aromatic carbocycles. The smallest absolute Gasteiger partial charge is 0.368 e. The van der Waals surface area contributed by atoms with Gasteiger partial charge in [0.2, 0.25) is 11.8 Å². The van der Waals surface area contributed by atoms with Gasteiger partial charge in [0.1, 0.15) is 0 Å². The first kappa shape index (κ1) is 20.5. The number of anilines is 1. The highest BCUT2D eigenvalue weighted by molar-refractivity contribution is 5.89. The Morgan fingerprint density at radius 3 is 2.54 bits per heavy atom. The summed E-state index contributed by atoms with van der Waals surface area (Å²) in [6, 6.07) is 5.28. The SMILES string of the molecule is CCCCN1C[C@@H](C(=O)N2CCN(c3cccc(C(F)(F)F)c3)CC2)CC1=O. The first-order valence-electron chi connectivity index (χ1n) is 9.78. The van der Waals surface area contributed by atoms with E-state index in [-0.39, 0.29) is 24.2 Å². The van der Waals surface area contributed by atoms with E-state index in [4.69, 9.17) is 0 Å². The molecule has 0 aromatic heterocycles. The molecule has 0 radical (unpaired) electrons. The zero-order valence-electron chi connectivity index (χ0n) is 16.0. The van der Waals surface area contributed by atoms with E-state index in [1.165, 1.54) is 6.07 Å². The highest BCUT2D eigenvalue weighted by atomic mass is 19.4. The maximum atomic E-state index is 12.9. The van der Waals surface area contributed by atoms with Crippen molar-refractivity contribution in [3.05, 3.63) is 29.8 Å². The number of rotatable bonds is 5. The van der Waals surface area contributed by atoms with E-state index >= 15 is 0 Å². The van der Waals surface area contributed by atoms with Crippen LogP contribution in [0.4, 0.5) is 18.9 Å². The molecule has 0 bridgehead atoms. The lowest BCUT2D eigenvalue weighted by Crippen LogP contribution is -2.50. The minimum Gasteiger partial charge on any atom is -0.368 e. The summed E-state index contributed by atoms with van der Waals surface area (Å²) in [4.78, 5) is 30.2. The van der Waals surface area contributed by atoms with Crippen molar-refractivity contribution in [2.45, 2.75) is 32.4 Å². The summed E-state index contributed by atoms with van der Waals surface area (Å²) in [5.74, 6) is -0.282. The maximum Gasteiger partial charge on any atom is 0.416 e. The van der Waals surface area contributed by atoms with Gasteiger partial charge in [0.25, 0.3) is 0 Å². The second-order valence-electron chi connectivity index (χ2n) is 7.45. The number of piperazine rings is 1. The first-order valence-corrected chi connectivity index (χ1v) is 9.78. The predicted octanol–water partition coefficient (Wildman–Crippen LogP) is 3.00. The van der Waals surface area contributed by atoms with E-state index in [1.54, 1.807) is 15.9 Å². The quantitative estimate of drug-likeness (QED) is 0.767. The highest BCUT2D eigenvalue weighted by Crippen LogP contribution is 2.32. The summed E-state index contributed by atoms with van der Waals surface area (Å²) >= 11 is 0. The summed E-state index contributed by atoms with van der Waals surface area (Å²) in [6.45, 7) is 5.10. The summed E-state index contributed by atoms with van der Waals surface area (Å²) in [6.07, 6.45) is -2.18. The number of amides is 2. The van der Waals surface area contributed by atoms with Crippen LogP contribution in [-0.4, -0.2) is 60.9 Å². The van der Waals surface area contributed by atoms with E-state index in [9.17, 15) is 22.8 Å². The largest absolute Gasteiger partial charge is 0.416 e. The van der Waals surface area contributed by atoms with Gasteiger partial charge >= 0.3 is 6.18 Å². The Labute approximate surface area is 163 Å². The van der Waals surface area contributed by atoms with E-state index in [0.29, 0.717) is 45.0 Å². The number of halogens is 3. The molecule has 0 N–H and O–H groups in total. The van der Waals surface area contributed by atoms with Crippen LogP contribution in [0.25, 0.3) is 0 Å². The number of carbonyl (C=O) groups excluding carboxylic acids is 2. The number of carbonyl (C=O) groups is 2. The predicted molar refractivity (Wildman–Crippen MR) is 99.8 cm³/mol. The molecule has 8 heteroatoms. The average Bonchev–Trinajstić information content (AvgIpc) is 3.06. The number of benzene rings is 1. The first-order chi connectivity index (χ1) is 13.3. The van der Waals surface area contributed by atoms with Gasteiger partial charge in [-0.1, -0.05) is 19.4 Å². The molecule has 154 valence electrons.